The van der Waals surface area contributed by atoms with E-state index in [2.05, 4.69) is 15.6 Å². The number of aromatic nitrogens is 1. The van der Waals surface area contributed by atoms with Gasteiger partial charge in [-0.3, -0.25) is 14.4 Å². The molecule has 1 fully saturated rings. The molecule has 5 N–H and O–H groups in total. The van der Waals surface area contributed by atoms with Crippen LogP contribution in [0.15, 0.2) is 29.8 Å². The third-order valence-corrected chi connectivity index (χ3v) is 7.56. The van der Waals surface area contributed by atoms with Crippen molar-refractivity contribution in [2.24, 2.45) is 11.1 Å². The minimum absolute atomic E-state index is 0. The molecule has 3 atom stereocenters. The van der Waals surface area contributed by atoms with E-state index in [9.17, 15) is 19.5 Å². The molecule has 3 amide bonds. The second kappa shape index (κ2) is 16.1. The first-order chi connectivity index (χ1) is 19.0. The Morgan fingerprint density at radius 1 is 1.17 bits per heavy atom. The van der Waals surface area contributed by atoms with E-state index in [0.29, 0.717) is 19.8 Å². The lowest BCUT2D eigenvalue weighted by Gasteiger charge is -2.35. The number of hydrogen-bond acceptors (Lipinski definition) is 9. The lowest BCUT2D eigenvalue weighted by atomic mass is 9.85. The van der Waals surface area contributed by atoms with Crippen molar-refractivity contribution in [2.75, 3.05) is 39.5 Å². The van der Waals surface area contributed by atoms with Gasteiger partial charge in [0.15, 0.2) is 0 Å². The Morgan fingerprint density at radius 3 is 2.46 bits per heavy atom. The Labute approximate surface area is 251 Å². The molecule has 0 spiro atoms. The lowest BCUT2D eigenvalue weighted by Crippen LogP contribution is -2.58. The van der Waals surface area contributed by atoms with Crippen molar-refractivity contribution in [3.8, 4) is 10.4 Å². The zero-order chi connectivity index (χ0) is 29.3. The summed E-state index contributed by atoms with van der Waals surface area (Å²) in [5.74, 6) is -1.23. The topological polar surface area (TPSA) is 156 Å². The molecule has 1 aromatic carbocycles. The highest BCUT2D eigenvalue weighted by Crippen LogP contribution is 2.28. The number of rotatable bonds is 13. The van der Waals surface area contributed by atoms with Crippen LogP contribution in [0, 0.1) is 12.3 Å². The normalized spacial score (nSPS) is 17.6. The highest BCUT2D eigenvalue weighted by Gasteiger charge is 2.44. The molecule has 2 aromatic rings. The summed E-state index contributed by atoms with van der Waals surface area (Å²) in [7, 11) is 0. The zero-order valence-electron chi connectivity index (χ0n) is 24.1. The number of halogens is 1. The smallest absolute Gasteiger partial charge is 0.246 e. The lowest BCUT2D eigenvalue weighted by molar-refractivity contribution is -0.144. The van der Waals surface area contributed by atoms with E-state index >= 15 is 0 Å². The molecule has 1 aliphatic heterocycles. The number of nitrogens with zero attached hydrogens (tertiary/aromatic N) is 2. The first kappa shape index (κ1) is 34.6. The van der Waals surface area contributed by atoms with E-state index in [4.69, 9.17) is 15.2 Å². The fourth-order valence-electron chi connectivity index (χ4n) is 4.45. The van der Waals surface area contributed by atoms with Gasteiger partial charge in [0.2, 0.25) is 17.7 Å². The number of amides is 3. The molecule has 3 rings (SSSR count). The Balaban J connectivity index is 0.00000588. The first-order valence-electron chi connectivity index (χ1n) is 13.4. The fourth-order valence-corrected chi connectivity index (χ4v) is 5.26. The average Bonchev–Trinajstić information content (AvgIpc) is 3.52. The molecule has 1 saturated heterocycles. The molecule has 11 nitrogen and oxygen atoms in total. The van der Waals surface area contributed by atoms with E-state index in [-0.39, 0.29) is 51.0 Å². The van der Waals surface area contributed by atoms with Crippen LogP contribution in [0.2, 0.25) is 0 Å². The Kier molecular flexibility index (Phi) is 13.6. The maximum Gasteiger partial charge on any atom is 0.246 e. The summed E-state index contributed by atoms with van der Waals surface area (Å²) < 4.78 is 10.6. The van der Waals surface area contributed by atoms with Crippen LogP contribution >= 0.6 is 23.7 Å². The van der Waals surface area contributed by atoms with Crippen LogP contribution in [0.25, 0.3) is 10.4 Å². The fraction of sp³-hybridized carbons (Fsp3) is 0.571. The van der Waals surface area contributed by atoms with Crippen molar-refractivity contribution < 1.29 is 29.0 Å². The maximum absolute atomic E-state index is 13.6. The quantitative estimate of drug-likeness (QED) is 0.249. The SMILES string of the molecule is Cc1ncsc1-c1ccc(CNC(=O)[C@@H]2C[C@@H](O)CN2C(=O)[C@@H](NC(=O)COCCOCCN)C(C)(C)C)cc1.Cl. The van der Waals surface area contributed by atoms with E-state index in [1.165, 1.54) is 4.90 Å². The van der Waals surface area contributed by atoms with Gasteiger partial charge in [-0.25, -0.2) is 4.98 Å². The summed E-state index contributed by atoms with van der Waals surface area (Å²) in [6.45, 7) is 8.85. The largest absolute Gasteiger partial charge is 0.391 e. The summed E-state index contributed by atoms with van der Waals surface area (Å²) >= 11 is 1.58. The van der Waals surface area contributed by atoms with E-state index < -0.39 is 35.4 Å². The van der Waals surface area contributed by atoms with Gasteiger partial charge in [0, 0.05) is 26.1 Å². The number of nitrogens with two attached hydrogens (primary N) is 1. The minimum atomic E-state index is -0.916. The molecular formula is C28H42ClN5O6S. The van der Waals surface area contributed by atoms with Gasteiger partial charge in [-0.15, -0.1) is 23.7 Å². The summed E-state index contributed by atoms with van der Waals surface area (Å²) in [4.78, 5) is 46.1. The molecular weight excluding hydrogens is 570 g/mol. The number of nitrogens with one attached hydrogen (secondary N) is 2. The van der Waals surface area contributed by atoms with Crippen LogP contribution in [0.4, 0.5) is 0 Å². The van der Waals surface area contributed by atoms with Gasteiger partial charge < -0.3 is 35.8 Å². The van der Waals surface area contributed by atoms with E-state index in [0.717, 1.165) is 21.7 Å². The van der Waals surface area contributed by atoms with Crippen LogP contribution in [-0.4, -0.2) is 90.4 Å². The standard InChI is InChI=1S/C28H41N5O6S.ClH/c1-18-24(40-17-31-18)20-7-5-19(6-8-20)14-30-26(36)22-13-21(34)15-33(22)27(37)25(28(2,3)4)32-23(35)16-39-12-11-38-10-9-29;/h5-8,17,21-22,25,34H,9-16,29H2,1-4H3,(H,30,36)(H,32,35);1H/t21-,22+,25-;/m1./s1. The van der Waals surface area contributed by atoms with Crippen molar-refractivity contribution in [1.82, 2.24) is 20.5 Å². The van der Waals surface area contributed by atoms with Crippen molar-refractivity contribution >= 4 is 41.5 Å². The maximum atomic E-state index is 13.6. The predicted molar refractivity (Wildman–Crippen MR) is 160 cm³/mol. The number of aliphatic hydroxyl groups excluding tert-OH is 1. The average molecular weight is 612 g/mol. The van der Waals surface area contributed by atoms with Crippen molar-refractivity contribution in [1.29, 1.82) is 0 Å². The van der Waals surface area contributed by atoms with Crippen LogP contribution in [0.1, 0.15) is 38.4 Å². The molecule has 2 heterocycles. The van der Waals surface area contributed by atoms with Gasteiger partial charge >= 0.3 is 0 Å². The van der Waals surface area contributed by atoms with Crippen LogP contribution in [-0.2, 0) is 30.4 Å². The third-order valence-electron chi connectivity index (χ3n) is 6.58. The van der Waals surface area contributed by atoms with Gasteiger partial charge in [-0.05, 0) is 23.5 Å². The second-order valence-electron chi connectivity index (χ2n) is 10.9. The molecule has 1 aromatic heterocycles. The number of aryl methyl sites for hydroxylation is 1. The number of ether oxygens (including phenoxy) is 2. The number of carbonyl (C=O) groups is 3. The molecule has 0 saturated carbocycles. The number of likely N-dealkylation sites (tertiary alicyclic amines) is 1. The molecule has 0 unspecified atom stereocenters. The van der Waals surface area contributed by atoms with Crippen LogP contribution < -0.4 is 16.4 Å². The molecule has 13 heteroatoms. The molecule has 0 aliphatic carbocycles. The Morgan fingerprint density at radius 2 is 1.85 bits per heavy atom. The number of carbonyl (C=O) groups excluding carboxylic acids is 3. The zero-order valence-corrected chi connectivity index (χ0v) is 25.7. The number of benzene rings is 1. The van der Waals surface area contributed by atoms with Gasteiger partial charge in [0.1, 0.15) is 18.7 Å². The first-order valence-corrected chi connectivity index (χ1v) is 14.3. The number of aliphatic hydroxyl groups is 1. The monoisotopic (exact) mass is 611 g/mol. The summed E-state index contributed by atoms with van der Waals surface area (Å²) in [6, 6.07) is 6.10. The highest BCUT2D eigenvalue weighted by molar-refractivity contribution is 7.13. The van der Waals surface area contributed by atoms with Gasteiger partial charge in [-0.2, -0.15) is 0 Å². The van der Waals surface area contributed by atoms with Crippen molar-refractivity contribution in [3.63, 3.8) is 0 Å². The highest BCUT2D eigenvalue weighted by atomic mass is 35.5. The Bertz CT molecular complexity index is 1140. The summed E-state index contributed by atoms with van der Waals surface area (Å²) in [5.41, 5.74) is 9.47. The molecule has 41 heavy (non-hydrogen) atoms. The summed E-state index contributed by atoms with van der Waals surface area (Å²) in [6.07, 6.45) is -0.715. The Hall–Kier alpha value is -2.61. The van der Waals surface area contributed by atoms with Crippen molar-refractivity contribution in [2.45, 2.75) is 58.8 Å². The summed E-state index contributed by atoms with van der Waals surface area (Å²) in [5, 5.41) is 16.0. The third kappa shape index (κ3) is 10.0. The molecule has 1 aliphatic rings. The number of β-amino-alcohol motifs (C(OH)–C–C–N with tert-alkyl or cyclic N) is 1. The van der Waals surface area contributed by atoms with E-state index in [1.807, 2.05) is 57.5 Å². The number of thiazole rings is 1. The number of hydrogen-bond donors (Lipinski definition) is 4. The molecule has 228 valence electrons. The van der Waals surface area contributed by atoms with Gasteiger partial charge in [-0.1, -0.05) is 45.0 Å². The predicted octanol–water partition coefficient (Wildman–Crippen LogP) is 1.64. The molecule has 0 bridgehead atoms. The second-order valence-corrected chi connectivity index (χ2v) is 11.8. The van der Waals surface area contributed by atoms with Crippen LogP contribution in [0.5, 0.6) is 0 Å². The van der Waals surface area contributed by atoms with Crippen LogP contribution in [0.3, 0.4) is 0 Å². The van der Waals surface area contributed by atoms with Gasteiger partial charge in [0.25, 0.3) is 0 Å². The minimum Gasteiger partial charge on any atom is -0.391 e. The molecule has 0 radical (unpaired) electrons. The van der Waals surface area contributed by atoms with Gasteiger partial charge in [0.05, 0.1) is 42.0 Å². The van der Waals surface area contributed by atoms with Crippen molar-refractivity contribution in [3.05, 3.63) is 41.0 Å². The van der Waals surface area contributed by atoms with E-state index in [1.54, 1.807) is 11.3 Å².